The predicted octanol–water partition coefficient (Wildman–Crippen LogP) is 2.14. The minimum Gasteiger partial charge on any atom is -0.497 e. The van der Waals surface area contributed by atoms with Crippen LogP contribution >= 0.6 is 0 Å². The van der Waals surface area contributed by atoms with Crippen molar-refractivity contribution >= 4 is 11.6 Å². The third-order valence-corrected chi connectivity index (χ3v) is 4.55. The Labute approximate surface area is 163 Å². The number of carbonyl (C=O) groups excluding carboxylic acids is 1. The van der Waals surface area contributed by atoms with E-state index in [4.69, 9.17) is 9.47 Å². The van der Waals surface area contributed by atoms with E-state index in [-0.39, 0.29) is 12.5 Å². The van der Waals surface area contributed by atoms with Gasteiger partial charge in [-0.2, -0.15) is 5.10 Å². The summed E-state index contributed by atoms with van der Waals surface area (Å²) in [4.78, 5) is 17.3. The Hall–Kier alpha value is -3.13. The predicted molar refractivity (Wildman–Crippen MR) is 104 cm³/mol. The van der Waals surface area contributed by atoms with Gasteiger partial charge in [-0.15, -0.1) is 0 Å². The Kier molecular flexibility index (Phi) is 5.51. The highest BCUT2D eigenvalue weighted by atomic mass is 16.5. The van der Waals surface area contributed by atoms with Gasteiger partial charge < -0.3 is 19.9 Å². The molecular weight excluding hydrogens is 360 g/mol. The van der Waals surface area contributed by atoms with Crippen molar-refractivity contribution < 1.29 is 19.4 Å². The molecule has 148 valence electrons. The van der Waals surface area contributed by atoms with E-state index in [2.05, 4.69) is 15.4 Å². The minimum absolute atomic E-state index is 0.00391. The van der Waals surface area contributed by atoms with Gasteiger partial charge in [-0.05, 0) is 45.0 Å². The molecule has 2 N–H and O–H groups in total. The van der Waals surface area contributed by atoms with Crippen LogP contribution in [0.3, 0.4) is 0 Å². The molecule has 2 heterocycles. The number of aliphatic hydroxyl groups excluding tert-OH is 1. The molecule has 0 radical (unpaired) electrons. The van der Waals surface area contributed by atoms with Crippen LogP contribution in [0.5, 0.6) is 11.5 Å². The molecule has 0 fully saturated rings. The molecule has 0 bridgehead atoms. The van der Waals surface area contributed by atoms with Gasteiger partial charge in [0.1, 0.15) is 23.2 Å². The molecule has 1 unspecified atom stereocenters. The highest BCUT2D eigenvalue weighted by molar-refractivity contribution is 6.01. The molecule has 8 heteroatoms. The lowest BCUT2D eigenvalue weighted by Gasteiger charge is -2.16. The Bertz CT molecular complexity index is 1030. The molecule has 0 aliphatic carbocycles. The lowest BCUT2D eigenvalue weighted by atomic mass is 10.1. The van der Waals surface area contributed by atoms with Crippen LogP contribution in [0.4, 0.5) is 0 Å². The summed E-state index contributed by atoms with van der Waals surface area (Å²) in [6.07, 6.45) is -0.965. The van der Waals surface area contributed by atoms with Crippen LogP contribution in [0.2, 0.25) is 0 Å². The number of ether oxygens (including phenoxy) is 2. The van der Waals surface area contributed by atoms with Crippen LogP contribution in [0.1, 0.15) is 39.1 Å². The van der Waals surface area contributed by atoms with Crippen molar-refractivity contribution in [1.82, 2.24) is 19.9 Å². The van der Waals surface area contributed by atoms with E-state index in [1.807, 2.05) is 19.9 Å². The number of aromatic nitrogens is 3. The summed E-state index contributed by atoms with van der Waals surface area (Å²) in [6.45, 7) is 5.55. The first-order valence-corrected chi connectivity index (χ1v) is 8.87. The second-order valence-corrected chi connectivity index (χ2v) is 6.57. The average molecular weight is 384 g/mol. The maximum absolute atomic E-state index is 12.8. The number of rotatable bonds is 6. The van der Waals surface area contributed by atoms with Crippen LogP contribution in [-0.4, -0.2) is 46.4 Å². The summed E-state index contributed by atoms with van der Waals surface area (Å²) in [5, 5.41) is 17.8. The molecule has 28 heavy (non-hydrogen) atoms. The number of aryl methyl sites for hydroxylation is 3. The highest BCUT2D eigenvalue weighted by Crippen LogP contribution is 2.29. The number of amides is 1. The molecule has 0 aliphatic rings. The van der Waals surface area contributed by atoms with Crippen molar-refractivity contribution in [2.75, 3.05) is 20.8 Å². The summed E-state index contributed by atoms with van der Waals surface area (Å²) < 4.78 is 12.2. The van der Waals surface area contributed by atoms with Crippen molar-refractivity contribution in [3.05, 3.63) is 52.5 Å². The zero-order chi connectivity index (χ0) is 20.4. The second kappa shape index (κ2) is 7.85. The Morgan fingerprint density at radius 3 is 2.64 bits per heavy atom. The van der Waals surface area contributed by atoms with Gasteiger partial charge in [0.25, 0.3) is 5.91 Å². The molecular formula is C20H24N4O4. The van der Waals surface area contributed by atoms with Gasteiger partial charge in [-0.3, -0.25) is 4.79 Å². The van der Waals surface area contributed by atoms with Crippen LogP contribution in [-0.2, 0) is 0 Å². The van der Waals surface area contributed by atoms with E-state index in [1.54, 1.807) is 36.7 Å². The third-order valence-electron chi connectivity index (χ3n) is 4.55. The molecule has 0 aliphatic heterocycles. The first-order chi connectivity index (χ1) is 13.3. The van der Waals surface area contributed by atoms with Gasteiger partial charge in [0.2, 0.25) is 0 Å². The largest absolute Gasteiger partial charge is 0.497 e. The summed E-state index contributed by atoms with van der Waals surface area (Å²) in [5.74, 6) is 0.767. The molecule has 0 saturated heterocycles. The molecule has 3 rings (SSSR count). The molecule has 3 aromatic rings. The molecule has 1 aromatic carbocycles. The topological polar surface area (TPSA) is 98.0 Å². The standard InChI is InChI=1S/C20H24N4O4/c1-11-8-12(2)24-19(22-11)18(13(3)23-24)20(26)21-10-16(25)15-9-14(27-4)6-7-17(15)28-5/h6-9,16,25H,10H2,1-5H3,(H,21,26). The summed E-state index contributed by atoms with van der Waals surface area (Å²) in [7, 11) is 3.07. The van der Waals surface area contributed by atoms with E-state index in [0.29, 0.717) is 34.0 Å². The molecule has 1 amide bonds. The van der Waals surface area contributed by atoms with Gasteiger partial charge in [0.05, 0.1) is 19.9 Å². The maximum atomic E-state index is 12.8. The lowest BCUT2D eigenvalue weighted by Crippen LogP contribution is -2.29. The normalized spacial score (nSPS) is 12.1. The Balaban J connectivity index is 1.83. The fourth-order valence-corrected chi connectivity index (χ4v) is 3.18. The molecule has 0 spiro atoms. The minimum atomic E-state index is -0.965. The van der Waals surface area contributed by atoms with E-state index >= 15 is 0 Å². The third kappa shape index (κ3) is 3.63. The first kappa shape index (κ1) is 19.6. The lowest BCUT2D eigenvalue weighted by molar-refractivity contribution is 0.0915. The summed E-state index contributed by atoms with van der Waals surface area (Å²) >= 11 is 0. The second-order valence-electron chi connectivity index (χ2n) is 6.57. The zero-order valence-corrected chi connectivity index (χ0v) is 16.6. The van der Waals surface area contributed by atoms with E-state index in [1.165, 1.54) is 7.11 Å². The van der Waals surface area contributed by atoms with Crippen molar-refractivity contribution in [2.45, 2.75) is 26.9 Å². The van der Waals surface area contributed by atoms with Crippen molar-refractivity contribution in [1.29, 1.82) is 0 Å². The monoisotopic (exact) mass is 384 g/mol. The molecule has 8 nitrogen and oxygen atoms in total. The number of carbonyl (C=O) groups is 1. The van der Waals surface area contributed by atoms with Crippen LogP contribution in [0, 0.1) is 20.8 Å². The number of hydrogen-bond acceptors (Lipinski definition) is 6. The number of hydrogen-bond donors (Lipinski definition) is 2. The Morgan fingerprint density at radius 2 is 1.96 bits per heavy atom. The van der Waals surface area contributed by atoms with Crippen LogP contribution < -0.4 is 14.8 Å². The number of aliphatic hydroxyl groups is 1. The van der Waals surface area contributed by atoms with Gasteiger partial charge in [0, 0.05) is 23.5 Å². The molecule has 0 saturated carbocycles. The number of nitrogens with one attached hydrogen (secondary N) is 1. The number of benzene rings is 1. The fourth-order valence-electron chi connectivity index (χ4n) is 3.18. The molecule has 2 aromatic heterocycles. The summed E-state index contributed by atoms with van der Waals surface area (Å²) in [6, 6.07) is 7.04. The Morgan fingerprint density at radius 1 is 1.21 bits per heavy atom. The zero-order valence-electron chi connectivity index (χ0n) is 16.6. The quantitative estimate of drug-likeness (QED) is 0.676. The number of fused-ring (bicyclic) bond motifs is 1. The number of methoxy groups -OCH3 is 2. The van der Waals surface area contributed by atoms with Crippen LogP contribution in [0.25, 0.3) is 5.65 Å². The van der Waals surface area contributed by atoms with E-state index < -0.39 is 6.10 Å². The van der Waals surface area contributed by atoms with Gasteiger partial charge >= 0.3 is 0 Å². The highest BCUT2D eigenvalue weighted by Gasteiger charge is 2.21. The van der Waals surface area contributed by atoms with Gasteiger partial charge in [0.15, 0.2) is 5.65 Å². The van der Waals surface area contributed by atoms with Crippen molar-refractivity contribution in [2.24, 2.45) is 0 Å². The maximum Gasteiger partial charge on any atom is 0.257 e. The smallest absolute Gasteiger partial charge is 0.257 e. The first-order valence-electron chi connectivity index (χ1n) is 8.87. The average Bonchev–Trinajstić information content (AvgIpc) is 3.01. The van der Waals surface area contributed by atoms with Crippen molar-refractivity contribution in [3.8, 4) is 11.5 Å². The van der Waals surface area contributed by atoms with Crippen molar-refractivity contribution in [3.63, 3.8) is 0 Å². The SMILES string of the molecule is COc1ccc(OC)c(C(O)CNC(=O)c2c(C)nn3c(C)cc(C)nc23)c1. The van der Waals surface area contributed by atoms with Gasteiger partial charge in [-0.1, -0.05) is 0 Å². The van der Waals surface area contributed by atoms with E-state index in [9.17, 15) is 9.90 Å². The van der Waals surface area contributed by atoms with E-state index in [0.717, 1.165) is 11.4 Å². The molecule has 1 atom stereocenters. The summed E-state index contributed by atoms with van der Waals surface area (Å²) in [5.41, 5.74) is 3.71. The number of nitrogens with zero attached hydrogens (tertiary/aromatic N) is 3. The van der Waals surface area contributed by atoms with Gasteiger partial charge in [-0.25, -0.2) is 9.50 Å². The fraction of sp³-hybridized carbons (Fsp3) is 0.350. The van der Waals surface area contributed by atoms with Crippen LogP contribution in [0.15, 0.2) is 24.3 Å².